The van der Waals surface area contributed by atoms with E-state index < -0.39 is 5.97 Å². The molecular formula is C22H36O4. The molecular weight excluding hydrogens is 328 g/mol. The molecule has 2 rings (SSSR count). The number of allylic oxidation sites excluding steroid dienone is 3. The van der Waals surface area contributed by atoms with Crippen LogP contribution in [-0.2, 0) is 4.79 Å². The monoisotopic (exact) mass is 364 g/mol. The molecule has 0 aromatic carbocycles. The summed E-state index contributed by atoms with van der Waals surface area (Å²) in [5.74, 6) is 0.965. The van der Waals surface area contributed by atoms with Gasteiger partial charge >= 0.3 is 5.97 Å². The van der Waals surface area contributed by atoms with Crippen LogP contribution in [0.2, 0.25) is 0 Å². The third-order valence-corrected chi connectivity index (χ3v) is 6.28. The van der Waals surface area contributed by atoms with Crippen LogP contribution in [0.15, 0.2) is 24.3 Å². The molecule has 0 aromatic rings. The molecule has 2 saturated carbocycles. The van der Waals surface area contributed by atoms with Gasteiger partial charge in [-0.3, -0.25) is 4.79 Å². The summed E-state index contributed by atoms with van der Waals surface area (Å²) in [5.41, 5.74) is 0. The Bertz CT molecular complexity index is 477. The number of aliphatic carboxylic acids is 1. The lowest BCUT2D eigenvalue weighted by molar-refractivity contribution is -0.137. The third kappa shape index (κ3) is 6.88. The molecule has 3 N–H and O–H groups in total. The van der Waals surface area contributed by atoms with Gasteiger partial charge in [0.1, 0.15) is 0 Å². The van der Waals surface area contributed by atoms with Crippen molar-refractivity contribution in [3.8, 4) is 0 Å². The van der Waals surface area contributed by atoms with E-state index in [-0.39, 0.29) is 24.5 Å². The predicted octanol–water partition coefficient (Wildman–Crippen LogP) is 4.32. The maximum absolute atomic E-state index is 10.5. The summed E-state index contributed by atoms with van der Waals surface area (Å²) in [5, 5.41) is 29.4. The van der Waals surface area contributed by atoms with Gasteiger partial charge in [0.25, 0.3) is 0 Å². The number of rotatable bonds is 9. The topological polar surface area (TPSA) is 77.8 Å². The molecule has 0 spiro atoms. The fraction of sp³-hybridized carbons (Fsp3) is 0.773. The molecule has 4 atom stereocenters. The molecule has 0 aliphatic heterocycles. The van der Waals surface area contributed by atoms with E-state index in [0.717, 1.165) is 44.4 Å². The van der Waals surface area contributed by atoms with Crippen LogP contribution >= 0.6 is 0 Å². The van der Waals surface area contributed by atoms with Gasteiger partial charge in [-0.15, -0.1) is 0 Å². The molecule has 2 aliphatic rings. The van der Waals surface area contributed by atoms with E-state index in [1.165, 1.54) is 12.8 Å². The second-order valence-electron chi connectivity index (χ2n) is 8.36. The number of carbonyl (C=O) groups is 1. The first-order valence-electron chi connectivity index (χ1n) is 10.4. The first-order chi connectivity index (χ1) is 12.5. The van der Waals surface area contributed by atoms with E-state index in [4.69, 9.17) is 5.11 Å². The molecule has 0 aromatic heterocycles. The van der Waals surface area contributed by atoms with Gasteiger partial charge in [0.2, 0.25) is 0 Å². The summed E-state index contributed by atoms with van der Waals surface area (Å²) in [6.07, 6.45) is 16.5. The highest BCUT2D eigenvalue weighted by Gasteiger charge is 2.32. The second kappa shape index (κ2) is 10.9. The number of carboxylic acids is 1. The van der Waals surface area contributed by atoms with Crippen molar-refractivity contribution in [2.45, 2.75) is 83.3 Å². The minimum atomic E-state index is -0.749. The SMILES string of the molecule is CC1CCC(C(O)/C=C/[C@H]2CC[C@H](O)[C@@H]2C/C=C\CCCC(=O)O)CC1. The molecule has 2 fully saturated rings. The smallest absolute Gasteiger partial charge is 0.303 e. The summed E-state index contributed by atoms with van der Waals surface area (Å²) >= 11 is 0. The Morgan fingerprint density at radius 3 is 2.54 bits per heavy atom. The number of hydrogen-bond donors (Lipinski definition) is 3. The Morgan fingerprint density at radius 2 is 1.85 bits per heavy atom. The fourth-order valence-corrected chi connectivity index (χ4v) is 4.43. The Morgan fingerprint density at radius 1 is 1.12 bits per heavy atom. The molecule has 0 amide bonds. The van der Waals surface area contributed by atoms with Crippen LogP contribution in [-0.4, -0.2) is 33.5 Å². The van der Waals surface area contributed by atoms with Crippen molar-refractivity contribution in [2.75, 3.05) is 0 Å². The molecule has 0 bridgehead atoms. The highest BCUT2D eigenvalue weighted by molar-refractivity contribution is 5.66. The lowest BCUT2D eigenvalue weighted by Crippen LogP contribution is -2.24. The second-order valence-corrected chi connectivity index (χ2v) is 8.36. The number of aliphatic hydroxyl groups excluding tert-OH is 2. The van der Waals surface area contributed by atoms with Gasteiger partial charge in [0, 0.05) is 6.42 Å². The van der Waals surface area contributed by atoms with Crippen molar-refractivity contribution in [3.05, 3.63) is 24.3 Å². The molecule has 0 radical (unpaired) electrons. The molecule has 4 nitrogen and oxygen atoms in total. The summed E-state index contributed by atoms with van der Waals surface area (Å²) in [4.78, 5) is 10.5. The van der Waals surface area contributed by atoms with Crippen molar-refractivity contribution < 1.29 is 20.1 Å². The summed E-state index contributed by atoms with van der Waals surface area (Å²) in [6.45, 7) is 2.29. The maximum atomic E-state index is 10.5. The zero-order valence-corrected chi connectivity index (χ0v) is 16.1. The molecule has 0 heterocycles. The predicted molar refractivity (Wildman–Crippen MR) is 104 cm³/mol. The highest BCUT2D eigenvalue weighted by Crippen LogP contribution is 2.37. The van der Waals surface area contributed by atoms with Gasteiger partial charge < -0.3 is 15.3 Å². The first kappa shape index (κ1) is 21.2. The van der Waals surface area contributed by atoms with Crippen molar-refractivity contribution in [1.82, 2.24) is 0 Å². The largest absolute Gasteiger partial charge is 0.481 e. The van der Waals surface area contributed by atoms with Crippen LogP contribution < -0.4 is 0 Å². The Kier molecular flexibility index (Phi) is 8.86. The molecule has 0 saturated heterocycles. The van der Waals surface area contributed by atoms with Gasteiger partial charge in [-0.25, -0.2) is 0 Å². The fourth-order valence-electron chi connectivity index (χ4n) is 4.43. The summed E-state index contributed by atoms with van der Waals surface area (Å²) in [7, 11) is 0. The van der Waals surface area contributed by atoms with Crippen LogP contribution in [0.5, 0.6) is 0 Å². The lowest BCUT2D eigenvalue weighted by Gasteiger charge is -2.28. The number of unbranched alkanes of at least 4 members (excludes halogenated alkanes) is 1. The average Bonchev–Trinajstić information content (AvgIpc) is 2.96. The van der Waals surface area contributed by atoms with Gasteiger partial charge in [0.05, 0.1) is 12.2 Å². The zero-order chi connectivity index (χ0) is 18.9. The zero-order valence-electron chi connectivity index (χ0n) is 16.1. The van der Waals surface area contributed by atoms with Crippen LogP contribution in [0.3, 0.4) is 0 Å². The normalized spacial score (nSPS) is 33.9. The first-order valence-corrected chi connectivity index (χ1v) is 10.4. The van der Waals surface area contributed by atoms with Crippen LogP contribution in [0, 0.1) is 23.7 Å². The van der Waals surface area contributed by atoms with Crippen molar-refractivity contribution in [3.63, 3.8) is 0 Å². The van der Waals surface area contributed by atoms with E-state index in [2.05, 4.69) is 19.1 Å². The summed E-state index contributed by atoms with van der Waals surface area (Å²) < 4.78 is 0. The molecule has 26 heavy (non-hydrogen) atoms. The lowest BCUT2D eigenvalue weighted by atomic mass is 9.80. The van der Waals surface area contributed by atoms with Gasteiger partial charge in [-0.2, -0.15) is 0 Å². The van der Waals surface area contributed by atoms with E-state index in [9.17, 15) is 15.0 Å². The number of aliphatic hydroxyl groups is 2. The quantitative estimate of drug-likeness (QED) is 0.421. The van der Waals surface area contributed by atoms with Crippen LogP contribution in [0.25, 0.3) is 0 Å². The minimum absolute atomic E-state index is 0.208. The Labute approximate surface area is 158 Å². The Hall–Kier alpha value is -1.13. The van der Waals surface area contributed by atoms with Gasteiger partial charge in [0.15, 0.2) is 0 Å². The van der Waals surface area contributed by atoms with E-state index in [0.29, 0.717) is 18.3 Å². The van der Waals surface area contributed by atoms with E-state index in [1.807, 2.05) is 12.2 Å². The van der Waals surface area contributed by atoms with E-state index in [1.54, 1.807) is 0 Å². The number of hydrogen-bond acceptors (Lipinski definition) is 3. The van der Waals surface area contributed by atoms with Gasteiger partial charge in [-0.1, -0.05) is 44.1 Å². The van der Waals surface area contributed by atoms with Gasteiger partial charge in [-0.05, 0) is 68.6 Å². The highest BCUT2D eigenvalue weighted by atomic mass is 16.4. The average molecular weight is 365 g/mol. The molecule has 148 valence electrons. The Balaban J connectivity index is 1.77. The molecule has 1 unspecified atom stereocenters. The van der Waals surface area contributed by atoms with Crippen molar-refractivity contribution >= 4 is 5.97 Å². The van der Waals surface area contributed by atoms with E-state index >= 15 is 0 Å². The third-order valence-electron chi connectivity index (χ3n) is 6.28. The minimum Gasteiger partial charge on any atom is -0.481 e. The molecule has 4 heteroatoms. The van der Waals surface area contributed by atoms with Crippen LogP contribution in [0.4, 0.5) is 0 Å². The molecule has 2 aliphatic carbocycles. The van der Waals surface area contributed by atoms with Crippen LogP contribution in [0.1, 0.15) is 71.1 Å². The van der Waals surface area contributed by atoms with Crippen molar-refractivity contribution in [1.29, 1.82) is 0 Å². The summed E-state index contributed by atoms with van der Waals surface area (Å²) in [6, 6.07) is 0. The standard InChI is InChI=1S/C22H36O4/c1-16-8-10-18(11-9-16)20(23)14-12-17-13-15-21(24)19(17)6-4-2-3-5-7-22(25)26/h2,4,12,14,16-21,23-24H,3,5-11,13,15H2,1H3,(H,25,26)/b4-2-,14-12+/t16?,17-,18?,19+,20?,21-/m0/s1. The number of carboxylic acid groups (broad SMARTS) is 1. The van der Waals surface area contributed by atoms with Crippen molar-refractivity contribution in [2.24, 2.45) is 23.7 Å². The maximum Gasteiger partial charge on any atom is 0.303 e.